The molecule has 3 aromatic heterocycles. The fourth-order valence-electron chi connectivity index (χ4n) is 2.35. The van der Waals surface area contributed by atoms with Crippen LogP contribution in [0, 0.1) is 6.92 Å². The van der Waals surface area contributed by atoms with Crippen molar-refractivity contribution in [3.05, 3.63) is 72.7 Å². The molecule has 0 saturated heterocycles. The molecule has 0 radical (unpaired) electrons. The second-order valence-electron chi connectivity index (χ2n) is 5.56. The number of hydrogen-bond donors (Lipinski definition) is 1. The lowest BCUT2D eigenvalue weighted by Gasteiger charge is -2.16. The summed E-state index contributed by atoms with van der Waals surface area (Å²) in [6.45, 7) is 1.94. The Hall–Kier alpha value is -2.25. The van der Waals surface area contributed by atoms with E-state index in [1.165, 1.54) is 16.2 Å². The fourth-order valence-corrected chi connectivity index (χ4v) is 3.88. The van der Waals surface area contributed by atoms with Gasteiger partial charge < -0.3 is 9.88 Å². The molecule has 124 valence electrons. The van der Waals surface area contributed by atoms with Crippen LogP contribution in [0.4, 0.5) is 0 Å². The normalized spacial score (nSPS) is 12.1. The van der Waals surface area contributed by atoms with Gasteiger partial charge in [0.1, 0.15) is 5.01 Å². The Bertz CT molecular complexity index is 897. The van der Waals surface area contributed by atoms with E-state index in [2.05, 4.69) is 21.7 Å². The topological polar surface area (TPSA) is 64.0 Å². The lowest BCUT2D eigenvalue weighted by molar-refractivity contribution is 0.0935. The number of nitrogens with one attached hydrogen (secondary N) is 1. The molecule has 3 rings (SSSR count). The maximum Gasteiger partial charge on any atom is 0.253 e. The quantitative estimate of drug-likeness (QED) is 0.762. The Labute approximate surface area is 147 Å². The molecule has 3 heterocycles. The Morgan fingerprint density at radius 1 is 1.33 bits per heavy atom. The molecule has 0 unspecified atom stereocenters. The van der Waals surface area contributed by atoms with Crippen LogP contribution in [-0.4, -0.2) is 15.5 Å². The van der Waals surface area contributed by atoms with E-state index in [1.54, 1.807) is 42.0 Å². The summed E-state index contributed by atoms with van der Waals surface area (Å²) < 4.78 is 1.40. The molecule has 0 aliphatic carbocycles. The van der Waals surface area contributed by atoms with Crippen LogP contribution in [-0.2, 0) is 13.5 Å². The molecule has 0 aromatic carbocycles. The molecule has 1 amide bonds. The number of hydrogen-bond acceptors (Lipinski definition) is 5. The zero-order chi connectivity index (χ0) is 17.1. The number of carbonyl (C=O) groups is 1. The summed E-state index contributed by atoms with van der Waals surface area (Å²) >= 11 is 3.18. The molecular weight excluding hydrogens is 342 g/mol. The highest BCUT2D eigenvalue weighted by Crippen LogP contribution is 2.23. The average Bonchev–Trinajstić information content (AvgIpc) is 3.21. The number of aromatic nitrogens is 2. The predicted octanol–water partition coefficient (Wildman–Crippen LogP) is 2.93. The van der Waals surface area contributed by atoms with Crippen LogP contribution in [0.1, 0.15) is 32.7 Å². The Balaban J connectivity index is 1.83. The van der Waals surface area contributed by atoms with Gasteiger partial charge in [0.2, 0.25) is 5.56 Å². The van der Waals surface area contributed by atoms with Crippen molar-refractivity contribution in [2.45, 2.75) is 19.4 Å². The van der Waals surface area contributed by atoms with Crippen LogP contribution < -0.4 is 10.9 Å². The number of aryl methyl sites for hydroxylation is 2. The summed E-state index contributed by atoms with van der Waals surface area (Å²) in [7, 11) is 1.63. The van der Waals surface area contributed by atoms with Gasteiger partial charge in [-0.15, -0.1) is 11.3 Å². The summed E-state index contributed by atoms with van der Waals surface area (Å²) in [4.78, 5) is 28.6. The monoisotopic (exact) mass is 359 g/mol. The van der Waals surface area contributed by atoms with E-state index in [-0.39, 0.29) is 17.5 Å². The van der Waals surface area contributed by atoms with Gasteiger partial charge in [0, 0.05) is 36.8 Å². The van der Waals surface area contributed by atoms with Gasteiger partial charge in [-0.1, -0.05) is 0 Å². The van der Waals surface area contributed by atoms with E-state index in [0.29, 0.717) is 12.0 Å². The second-order valence-corrected chi connectivity index (χ2v) is 7.23. The third-order valence-corrected chi connectivity index (χ3v) is 5.42. The first-order valence-electron chi connectivity index (χ1n) is 7.43. The van der Waals surface area contributed by atoms with Crippen LogP contribution in [0.15, 0.2) is 45.3 Å². The number of carbonyl (C=O) groups excluding carboxylic acids is 1. The predicted molar refractivity (Wildman–Crippen MR) is 96.8 cm³/mol. The van der Waals surface area contributed by atoms with Crippen molar-refractivity contribution in [3.8, 4) is 0 Å². The maximum atomic E-state index is 12.6. The number of nitrogens with zero attached hydrogens (tertiary/aromatic N) is 2. The minimum atomic E-state index is -0.210. The highest BCUT2D eigenvalue weighted by Gasteiger charge is 2.20. The van der Waals surface area contributed by atoms with Crippen molar-refractivity contribution in [2.24, 2.45) is 7.05 Å². The second kappa shape index (κ2) is 7.11. The Morgan fingerprint density at radius 2 is 2.17 bits per heavy atom. The average molecular weight is 359 g/mol. The van der Waals surface area contributed by atoms with Crippen molar-refractivity contribution in [1.82, 2.24) is 14.9 Å². The van der Waals surface area contributed by atoms with Gasteiger partial charge in [-0.05, 0) is 35.4 Å². The summed E-state index contributed by atoms with van der Waals surface area (Å²) in [6.07, 6.45) is 2.24. The van der Waals surface area contributed by atoms with E-state index in [9.17, 15) is 9.59 Å². The van der Waals surface area contributed by atoms with Crippen molar-refractivity contribution in [2.75, 3.05) is 0 Å². The van der Waals surface area contributed by atoms with E-state index < -0.39 is 0 Å². The minimum absolute atomic E-state index is 0.142. The van der Waals surface area contributed by atoms with Crippen molar-refractivity contribution >= 4 is 28.6 Å². The minimum Gasteiger partial charge on any atom is -0.342 e. The highest BCUT2D eigenvalue weighted by atomic mass is 32.1. The molecule has 0 fully saturated rings. The van der Waals surface area contributed by atoms with Gasteiger partial charge in [0.25, 0.3) is 5.91 Å². The number of amides is 1. The van der Waals surface area contributed by atoms with E-state index in [4.69, 9.17) is 0 Å². The molecule has 0 spiro atoms. The summed E-state index contributed by atoms with van der Waals surface area (Å²) in [5.74, 6) is -0.210. The molecule has 5 nitrogen and oxygen atoms in total. The van der Waals surface area contributed by atoms with Crippen LogP contribution in [0.25, 0.3) is 0 Å². The van der Waals surface area contributed by atoms with Gasteiger partial charge in [0.05, 0.1) is 11.6 Å². The molecule has 0 saturated carbocycles. The van der Waals surface area contributed by atoms with Gasteiger partial charge in [0.15, 0.2) is 0 Å². The maximum absolute atomic E-state index is 12.6. The van der Waals surface area contributed by atoms with Gasteiger partial charge in [-0.3, -0.25) is 9.59 Å². The first-order valence-corrected chi connectivity index (χ1v) is 9.26. The van der Waals surface area contributed by atoms with Crippen LogP contribution in [0.3, 0.4) is 0 Å². The number of thiophene rings is 1. The van der Waals surface area contributed by atoms with Crippen LogP contribution in [0.5, 0.6) is 0 Å². The SMILES string of the molecule is Cc1csc([C@H](Cc2ccsc2)NC(=O)c2ccc(=O)n(C)c2)n1. The third kappa shape index (κ3) is 3.80. The highest BCUT2D eigenvalue weighted by molar-refractivity contribution is 7.09. The van der Waals surface area contributed by atoms with Crippen molar-refractivity contribution in [1.29, 1.82) is 0 Å². The van der Waals surface area contributed by atoms with Crippen molar-refractivity contribution in [3.63, 3.8) is 0 Å². The lowest BCUT2D eigenvalue weighted by atomic mass is 10.1. The molecule has 0 aliphatic heterocycles. The lowest BCUT2D eigenvalue weighted by Crippen LogP contribution is -2.31. The van der Waals surface area contributed by atoms with E-state index >= 15 is 0 Å². The van der Waals surface area contributed by atoms with E-state index in [1.807, 2.05) is 17.7 Å². The Morgan fingerprint density at radius 3 is 2.79 bits per heavy atom. The van der Waals surface area contributed by atoms with Gasteiger partial charge >= 0.3 is 0 Å². The van der Waals surface area contributed by atoms with Crippen LogP contribution >= 0.6 is 22.7 Å². The van der Waals surface area contributed by atoms with Gasteiger partial charge in [-0.2, -0.15) is 11.3 Å². The van der Waals surface area contributed by atoms with Crippen LogP contribution in [0.2, 0.25) is 0 Å². The fraction of sp³-hybridized carbons (Fsp3) is 0.235. The molecule has 0 aliphatic rings. The number of thiazole rings is 1. The standard InChI is InChI=1S/C17H17N3O2S2/c1-11-9-24-17(18-11)14(7-12-5-6-23-10-12)19-16(22)13-3-4-15(21)20(2)8-13/h3-6,8-10,14H,7H2,1-2H3,(H,19,22)/t14-/m0/s1. The molecule has 7 heteroatoms. The first kappa shape index (κ1) is 16.6. The van der Waals surface area contributed by atoms with Crippen molar-refractivity contribution < 1.29 is 4.79 Å². The zero-order valence-corrected chi connectivity index (χ0v) is 15.0. The molecule has 3 aromatic rings. The molecule has 24 heavy (non-hydrogen) atoms. The zero-order valence-electron chi connectivity index (χ0n) is 13.4. The smallest absolute Gasteiger partial charge is 0.253 e. The molecule has 0 bridgehead atoms. The molecule has 1 atom stereocenters. The van der Waals surface area contributed by atoms with Gasteiger partial charge in [-0.25, -0.2) is 4.98 Å². The number of rotatable bonds is 5. The summed E-state index contributed by atoms with van der Waals surface area (Å²) in [5, 5.41) is 10.0. The largest absolute Gasteiger partial charge is 0.342 e. The number of pyridine rings is 1. The Kier molecular flexibility index (Phi) is 4.92. The summed E-state index contributed by atoms with van der Waals surface area (Å²) in [6, 6.07) is 4.81. The van der Waals surface area contributed by atoms with E-state index in [0.717, 1.165) is 10.7 Å². The third-order valence-electron chi connectivity index (χ3n) is 3.61. The summed E-state index contributed by atoms with van der Waals surface area (Å²) in [5.41, 5.74) is 2.43. The molecular formula is C17H17N3O2S2. The first-order chi connectivity index (χ1) is 11.5. The molecule has 1 N–H and O–H groups in total.